The van der Waals surface area contributed by atoms with Crippen LogP contribution in [0.5, 0.6) is 0 Å². The highest BCUT2D eigenvalue weighted by atomic mass is 32.2. The summed E-state index contributed by atoms with van der Waals surface area (Å²) in [6.07, 6.45) is 1.97. The predicted molar refractivity (Wildman–Crippen MR) is 136 cm³/mol. The van der Waals surface area contributed by atoms with E-state index in [1.165, 1.54) is 27.0 Å². The van der Waals surface area contributed by atoms with Gasteiger partial charge in [0.05, 0.1) is 10.2 Å². The van der Waals surface area contributed by atoms with Gasteiger partial charge < -0.3 is 4.90 Å². The number of anilines is 1. The van der Waals surface area contributed by atoms with E-state index >= 15 is 0 Å². The SMILES string of the molecule is Cc1ccc2sc(N(CCCN(C)C)C(=O)C3CCCN3S(=O)(=O)c3cccs3)nc2c1C. The first-order chi connectivity index (χ1) is 15.7. The van der Waals surface area contributed by atoms with E-state index in [1.54, 1.807) is 22.4 Å². The lowest BCUT2D eigenvalue weighted by Gasteiger charge is -2.28. The molecule has 0 spiro atoms. The number of amides is 1. The zero-order chi connectivity index (χ0) is 23.8. The van der Waals surface area contributed by atoms with Gasteiger partial charge in [0.2, 0.25) is 5.91 Å². The Kier molecular flexibility index (Phi) is 7.20. The Balaban J connectivity index is 1.68. The minimum Gasteiger partial charge on any atom is -0.309 e. The number of nitrogens with zero attached hydrogens (tertiary/aromatic N) is 4. The maximum absolute atomic E-state index is 13.9. The minimum atomic E-state index is -3.70. The highest BCUT2D eigenvalue weighted by Crippen LogP contribution is 2.35. The molecule has 33 heavy (non-hydrogen) atoms. The van der Waals surface area contributed by atoms with Crippen LogP contribution in [-0.4, -0.2) is 68.3 Å². The molecule has 1 aliphatic heterocycles. The Morgan fingerprint density at radius 3 is 2.70 bits per heavy atom. The lowest BCUT2D eigenvalue weighted by Crippen LogP contribution is -2.48. The van der Waals surface area contributed by atoms with Crippen LogP contribution in [-0.2, 0) is 14.8 Å². The van der Waals surface area contributed by atoms with E-state index in [-0.39, 0.29) is 10.1 Å². The lowest BCUT2D eigenvalue weighted by atomic mass is 10.1. The van der Waals surface area contributed by atoms with Gasteiger partial charge in [-0.2, -0.15) is 4.31 Å². The zero-order valence-corrected chi connectivity index (χ0v) is 21.9. The number of carbonyl (C=O) groups is 1. The monoisotopic (exact) mass is 506 g/mol. The molecule has 0 radical (unpaired) electrons. The molecule has 1 atom stereocenters. The normalized spacial score (nSPS) is 17.3. The number of aryl methyl sites for hydroxylation is 2. The van der Waals surface area contributed by atoms with Crippen molar-refractivity contribution in [3.8, 4) is 0 Å². The number of benzene rings is 1. The standard InChI is InChI=1S/C23H30N4O3S3/c1-16-10-11-19-21(17(16)2)24-23(32-19)26(13-7-12-25(3)4)22(28)18-8-5-14-27(18)33(29,30)20-9-6-15-31-20/h6,9-11,15,18H,5,7-8,12-14H2,1-4H3. The summed E-state index contributed by atoms with van der Waals surface area (Å²) < 4.78 is 29.2. The summed E-state index contributed by atoms with van der Waals surface area (Å²) in [5.41, 5.74) is 3.18. The molecule has 1 amide bonds. The number of aromatic nitrogens is 1. The van der Waals surface area contributed by atoms with Crippen LogP contribution >= 0.6 is 22.7 Å². The third kappa shape index (κ3) is 4.85. The molecule has 10 heteroatoms. The van der Waals surface area contributed by atoms with Gasteiger partial charge in [0, 0.05) is 13.1 Å². The second kappa shape index (κ2) is 9.79. The molecule has 1 fully saturated rings. The number of carbonyl (C=O) groups excluding carboxylic acids is 1. The fourth-order valence-corrected chi connectivity index (χ4v) is 7.98. The molecule has 0 N–H and O–H groups in total. The fraction of sp³-hybridized carbons (Fsp3) is 0.478. The molecular formula is C23H30N4O3S3. The Morgan fingerprint density at radius 1 is 1.21 bits per heavy atom. The maximum atomic E-state index is 13.9. The first-order valence-electron chi connectivity index (χ1n) is 11.1. The predicted octanol–water partition coefficient (Wildman–Crippen LogP) is 4.11. The van der Waals surface area contributed by atoms with Crippen LogP contribution in [0.3, 0.4) is 0 Å². The highest BCUT2D eigenvalue weighted by molar-refractivity contribution is 7.91. The number of thiophene rings is 1. The summed E-state index contributed by atoms with van der Waals surface area (Å²) >= 11 is 2.68. The van der Waals surface area contributed by atoms with Crippen LogP contribution in [0.15, 0.2) is 33.9 Å². The summed E-state index contributed by atoms with van der Waals surface area (Å²) in [4.78, 5) is 22.5. The number of fused-ring (bicyclic) bond motifs is 1. The van der Waals surface area contributed by atoms with Gasteiger partial charge in [-0.1, -0.05) is 23.5 Å². The largest absolute Gasteiger partial charge is 0.309 e. The Labute approximate surface area is 203 Å². The van der Waals surface area contributed by atoms with Crippen LogP contribution in [0, 0.1) is 13.8 Å². The van der Waals surface area contributed by atoms with Crippen molar-refractivity contribution in [1.82, 2.24) is 14.2 Å². The van der Waals surface area contributed by atoms with Crippen molar-refractivity contribution in [3.63, 3.8) is 0 Å². The molecule has 1 saturated heterocycles. The summed E-state index contributed by atoms with van der Waals surface area (Å²) in [7, 11) is 0.307. The van der Waals surface area contributed by atoms with E-state index in [0.717, 1.165) is 34.3 Å². The van der Waals surface area contributed by atoms with Gasteiger partial charge in [0.25, 0.3) is 10.0 Å². The van der Waals surface area contributed by atoms with Crippen molar-refractivity contribution in [3.05, 3.63) is 40.8 Å². The molecule has 3 aromatic rings. The Bertz CT molecular complexity index is 1240. The average molecular weight is 507 g/mol. The molecule has 2 aromatic heterocycles. The maximum Gasteiger partial charge on any atom is 0.253 e. The van der Waals surface area contributed by atoms with Crippen molar-refractivity contribution in [2.75, 3.05) is 38.6 Å². The molecule has 0 aliphatic carbocycles. The Morgan fingerprint density at radius 2 is 2.00 bits per heavy atom. The summed E-state index contributed by atoms with van der Waals surface area (Å²) in [6, 6.07) is 6.75. The van der Waals surface area contributed by atoms with E-state index in [2.05, 4.69) is 17.9 Å². The molecular weight excluding hydrogens is 476 g/mol. The summed E-state index contributed by atoms with van der Waals surface area (Å²) in [5, 5.41) is 2.39. The number of hydrogen-bond donors (Lipinski definition) is 0. The summed E-state index contributed by atoms with van der Waals surface area (Å²) in [5.74, 6) is -0.181. The van der Waals surface area contributed by atoms with Gasteiger partial charge in [-0.25, -0.2) is 13.4 Å². The third-order valence-corrected chi connectivity index (χ3v) is 10.4. The number of sulfonamides is 1. The van der Waals surface area contributed by atoms with E-state index in [9.17, 15) is 13.2 Å². The lowest BCUT2D eigenvalue weighted by molar-refractivity contribution is -0.121. The number of hydrogen-bond acceptors (Lipinski definition) is 7. The minimum absolute atomic E-state index is 0.181. The first kappa shape index (κ1) is 24.3. The smallest absolute Gasteiger partial charge is 0.253 e. The quantitative estimate of drug-likeness (QED) is 0.460. The molecule has 3 heterocycles. The average Bonchev–Trinajstić information content (AvgIpc) is 3.53. The van der Waals surface area contributed by atoms with E-state index < -0.39 is 16.1 Å². The van der Waals surface area contributed by atoms with Gasteiger partial charge in [-0.3, -0.25) is 9.69 Å². The molecule has 0 bridgehead atoms. The molecule has 1 unspecified atom stereocenters. The number of thiazole rings is 1. The first-order valence-corrected chi connectivity index (χ1v) is 14.2. The molecule has 1 aromatic carbocycles. The van der Waals surface area contributed by atoms with Gasteiger partial charge >= 0.3 is 0 Å². The molecule has 4 rings (SSSR count). The zero-order valence-electron chi connectivity index (χ0n) is 19.4. The van der Waals surface area contributed by atoms with Crippen LogP contribution in [0.1, 0.15) is 30.4 Å². The third-order valence-electron chi connectivity index (χ3n) is 6.10. The van der Waals surface area contributed by atoms with Crippen molar-refractivity contribution >= 4 is 54.0 Å². The topological polar surface area (TPSA) is 73.8 Å². The highest BCUT2D eigenvalue weighted by Gasteiger charge is 2.42. The molecule has 0 saturated carbocycles. The van der Waals surface area contributed by atoms with Crippen molar-refractivity contribution < 1.29 is 13.2 Å². The van der Waals surface area contributed by atoms with Crippen molar-refractivity contribution in [2.24, 2.45) is 0 Å². The molecule has 178 valence electrons. The van der Waals surface area contributed by atoms with Crippen LogP contribution < -0.4 is 4.90 Å². The van der Waals surface area contributed by atoms with Crippen LogP contribution in [0.25, 0.3) is 10.2 Å². The van der Waals surface area contributed by atoms with E-state index in [1.807, 2.05) is 27.1 Å². The van der Waals surface area contributed by atoms with Gasteiger partial charge in [0.15, 0.2) is 5.13 Å². The summed E-state index contributed by atoms with van der Waals surface area (Å²) in [6.45, 7) is 5.79. The Hall–Kier alpha value is -1.85. The second-order valence-electron chi connectivity index (χ2n) is 8.70. The van der Waals surface area contributed by atoms with Crippen LogP contribution in [0.4, 0.5) is 5.13 Å². The van der Waals surface area contributed by atoms with E-state index in [0.29, 0.717) is 31.1 Å². The van der Waals surface area contributed by atoms with E-state index in [4.69, 9.17) is 4.98 Å². The fourth-order valence-electron chi connectivity index (χ4n) is 4.16. The van der Waals surface area contributed by atoms with Crippen LogP contribution in [0.2, 0.25) is 0 Å². The molecule has 1 aliphatic rings. The molecule has 7 nitrogen and oxygen atoms in total. The van der Waals surface area contributed by atoms with Gasteiger partial charge in [-0.05, 0) is 82.4 Å². The number of rotatable bonds is 8. The van der Waals surface area contributed by atoms with Gasteiger partial charge in [-0.15, -0.1) is 11.3 Å². The van der Waals surface area contributed by atoms with Gasteiger partial charge in [0.1, 0.15) is 10.3 Å². The van der Waals surface area contributed by atoms with Crippen molar-refractivity contribution in [1.29, 1.82) is 0 Å². The second-order valence-corrected chi connectivity index (χ2v) is 12.8. The van der Waals surface area contributed by atoms with Crippen molar-refractivity contribution in [2.45, 2.75) is 43.4 Å².